The quantitative estimate of drug-likeness (QED) is 0.809. The lowest BCUT2D eigenvalue weighted by Crippen LogP contribution is -2.30. The van der Waals surface area contributed by atoms with Crippen LogP contribution in [0.25, 0.3) is 0 Å². The Morgan fingerprint density at radius 1 is 1.25 bits per heavy atom. The van der Waals surface area contributed by atoms with Gasteiger partial charge in [0.1, 0.15) is 0 Å². The summed E-state index contributed by atoms with van der Waals surface area (Å²) in [4.78, 5) is 12.1. The molecule has 1 amide bonds. The Kier molecular flexibility index (Phi) is 7.03. The van der Waals surface area contributed by atoms with Gasteiger partial charge < -0.3 is 11.1 Å². The molecule has 0 aliphatic carbocycles. The van der Waals surface area contributed by atoms with E-state index in [1.807, 2.05) is 31.2 Å². The van der Waals surface area contributed by atoms with Crippen LogP contribution in [0.1, 0.15) is 45.2 Å². The fraction of sp³-hybridized carbons (Fsp3) is 0.562. The number of hydrogen-bond donors (Lipinski definition) is 2. The van der Waals surface area contributed by atoms with Gasteiger partial charge in [-0.2, -0.15) is 0 Å². The lowest BCUT2D eigenvalue weighted by Gasteiger charge is -2.19. The second-order valence-corrected chi connectivity index (χ2v) is 6.21. The van der Waals surface area contributed by atoms with Crippen molar-refractivity contribution in [2.75, 3.05) is 6.54 Å². The SMILES string of the molecule is CC(C)CC(CN)CC(=O)N[C@@H](C)c1ccc(Cl)cc1. The Hall–Kier alpha value is -1.06. The number of benzene rings is 1. The molecule has 112 valence electrons. The zero-order valence-electron chi connectivity index (χ0n) is 12.5. The average Bonchev–Trinajstić information content (AvgIpc) is 2.37. The predicted octanol–water partition coefficient (Wildman–Crippen LogP) is 3.53. The first-order valence-corrected chi connectivity index (χ1v) is 7.55. The molecule has 4 heteroatoms. The Labute approximate surface area is 126 Å². The number of carbonyl (C=O) groups excluding carboxylic acids is 1. The first-order chi connectivity index (χ1) is 9.42. The van der Waals surface area contributed by atoms with Crippen LogP contribution in [0.15, 0.2) is 24.3 Å². The number of carbonyl (C=O) groups is 1. The van der Waals surface area contributed by atoms with Crippen molar-refractivity contribution >= 4 is 17.5 Å². The van der Waals surface area contributed by atoms with Gasteiger partial charge in [-0.25, -0.2) is 0 Å². The average molecular weight is 297 g/mol. The molecule has 0 spiro atoms. The van der Waals surface area contributed by atoms with Gasteiger partial charge in [0.2, 0.25) is 5.91 Å². The molecule has 0 radical (unpaired) electrons. The van der Waals surface area contributed by atoms with E-state index in [0.29, 0.717) is 23.9 Å². The molecule has 0 saturated carbocycles. The summed E-state index contributed by atoms with van der Waals surface area (Å²) in [6, 6.07) is 7.52. The van der Waals surface area contributed by atoms with Crippen molar-refractivity contribution in [2.45, 2.75) is 39.7 Å². The van der Waals surface area contributed by atoms with Crippen molar-refractivity contribution in [1.82, 2.24) is 5.32 Å². The minimum Gasteiger partial charge on any atom is -0.350 e. The number of amides is 1. The standard InChI is InChI=1S/C16H25ClN2O/c1-11(2)8-13(10-18)9-16(20)19-12(3)14-4-6-15(17)7-5-14/h4-7,11-13H,8-10,18H2,1-3H3,(H,19,20)/t12-,13?/m0/s1. The molecule has 1 aromatic rings. The highest BCUT2D eigenvalue weighted by Gasteiger charge is 2.16. The van der Waals surface area contributed by atoms with E-state index in [1.165, 1.54) is 0 Å². The van der Waals surface area contributed by atoms with E-state index in [1.54, 1.807) is 0 Å². The number of rotatable bonds is 7. The van der Waals surface area contributed by atoms with E-state index in [9.17, 15) is 4.79 Å². The fourth-order valence-corrected chi connectivity index (χ4v) is 2.45. The van der Waals surface area contributed by atoms with E-state index in [4.69, 9.17) is 17.3 Å². The van der Waals surface area contributed by atoms with E-state index in [2.05, 4.69) is 19.2 Å². The maximum absolute atomic E-state index is 12.1. The van der Waals surface area contributed by atoms with Gasteiger partial charge in [0.25, 0.3) is 0 Å². The molecule has 1 unspecified atom stereocenters. The summed E-state index contributed by atoms with van der Waals surface area (Å²) in [5.41, 5.74) is 6.79. The Bertz CT molecular complexity index is 417. The maximum atomic E-state index is 12.1. The van der Waals surface area contributed by atoms with Gasteiger partial charge in [0, 0.05) is 11.4 Å². The molecule has 3 N–H and O–H groups in total. The minimum atomic E-state index is -0.0164. The number of nitrogens with one attached hydrogen (secondary N) is 1. The molecular weight excluding hydrogens is 272 g/mol. The second-order valence-electron chi connectivity index (χ2n) is 5.78. The van der Waals surface area contributed by atoms with Crippen molar-refractivity contribution < 1.29 is 4.79 Å². The van der Waals surface area contributed by atoms with Crippen molar-refractivity contribution in [3.05, 3.63) is 34.9 Å². The molecule has 20 heavy (non-hydrogen) atoms. The molecule has 0 bridgehead atoms. The largest absolute Gasteiger partial charge is 0.350 e. The molecule has 1 aromatic carbocycles. The Morgan fingerprint density at radius 2 is 1.85 bits per heavy atom. The molecule has 0 heterocycles. The second kappa shape index (κ2) is 8.28. The topological polar surface area (TPSA) is 55.1 Å². The molecule has 3 nitrogen and oxygen atoms in total. The highest BCUT2D eigenvalue weighted by atomic mass is 35.5. The Morgan fingerprint density at radius 3 is 2.35 bits per heavy atom. The van der Waals surface area contributed by atoms with Crippen molar-refractivity contribution in [1.29, 1.82) is 0 Å². The van der Waals surface area contributed by atoms with Crippen LogP contribution in [0.4, 0.5) is 0 Å². The van der Waals surface area contributed by atoms with Crippen LogP contribution in [0.2, 0.25) is 5.02 Å². The van der Waals surface area contributed by atoms with Crippen LogP contribution in [0, 0.1) is 11.8 Å². The maximum Gasteiger partial charge on any atom is 0.220 e. The lowest BCUT2D eigenvalue weighted by atomic mass is 9.94. The van der Waals surface area contributed by atoms with Crippen LogP contribution < -0.4 is 11.1 Å². The van der Waals surface area contributed by atoms with Crippen molar-refractivity contribution in [3.63, 3.8) is 0 Å². The van der Waals surface area contributed by atoms with Crippen molar-refractivity contribution in [2.24, 2.45) is 17.6 Å². The fourth-order valence-electron chi connectivity index (χ4n) is 2.33. The van der Waals surface area contributed by atoms with E-state index in [-0.39, 0.29) is 17.9 Å². The third-order valence-electron chi connectivity index (χ3n) is 3.36. The van der Waals surface area contributed by atoms with Gasteiger partial charge in [-0.15, -0.1) is 0 Å². The number of nitrogens with two attached hydrogens (primary N) is 1. The molecule has 1 rings (SSSR count). The molecule has 0 fully saturated rings. The molecule has 0 aliphatic rings. The van der Waals surface area contributed by atoms with Gasteiger partial charge in [-0.1, -0.05) is 37.6 Å². The van der Waals surface area contributed by atoms with Crippen LogP contribution in [-0.4, -0.2) is 12.5 Å². The molecule has 0 saturated heterocycles. The highest BCUT2D eigenvalue weighted by molar-refractivity contribution is 6.30. The molecule has 2 atom stereocenters. The minimum absolute atomic E-state index is 0.0164. The first-order valence-electron chi connectivity index (χ1n) is 7.17. The third kappa shape index (κ3) is 5.93. The zero-order chi connectivity index (χ0) is 15.1. The summed E-state index contributed by atoms with van der Waals surface area (Å²) in [5, 5.41) is 3.72. The summed E-state index contributed by atoms with van der Waals surface area (Å²) >= 11 is 5.86. The van der Waals surface area contributed by atoms with Crippen LogP contribution in [0.5, 0.6) is 0 Å². The zero-order valence-corrected chi connectivity index (χ0v) is 13.3. The summed E-state index contributed by atoms with van der Waals surface area (Å²) in [5.74, 6) is 0.876. The lowest BCUT2D eigenvalue weighted by molar-refractivity contribution is -0.122. The highest BCUT2D eigenvalue weighted by Crippen LogP contribution is 2.18. The summed E-state index contributed by atoms with van der Waals surface area (Å²) < 4.78 is 0. The Balaban J connectivity index is 2.50. The monoisotopic (exact) mass is 296 g/mol. The van der Waals surface area contributed by atoms with Gasteiger partial charge in [0.15, 0.2) is 0 Å². The van der Waals surface area contributed by atoms with Crippen LogP contribution in [0.3, 0.4) is 0 Å². The normalized spacial score (nSPS) is 14.1. The molecular formula is C16H25ClN2O. The predicted molar refractivity (Wildman–Crippen MR) is 84.6 cm³/mol. The summed E-state index contributed by atoms with van der Waals surface area (Å²) in [7, 11) is 0. The number of halogens is 1. The van der Waals surface area contributed by atoms with E-state index in [0.717, 1.165) is 12.0 Å². The van der Waals surface area contributed by atoms with Crippen LogP contribution in [-0.2, 0) is 4.79 Å². The van der Waals surface area contributed by atoms with E-state index < -0.39 is 0 Å². The van der Waals surface area contributed by atoms with E-state index >= 15 is 0 Å². The number of hydrogen-bond acceptors (Lipinski definition) is 2. The molecule has 0 aromatic heterocycles. The smallest absolute Gasteiger partial charge is 0.220 e. The van der Waals surface area contributed by atoms with Crippen molar-refractivity contribution in [3.8, 4) is 0 Å². The molecule has 0 aliphatic heterocycles. The summed E-state index contributed by atoms with van der Waals surface area (Å²) in [6.45, 7) is 6.83. The van der Waals surface area contributed by atoms with Gasteiger partial charge in [-0.05, 0) is 49.4 Å². The first kappa shape index (κ1) is 17.0. The van der Waals surface area contributed by atoms with Gasteiger partial charge in [0.05, 0.1) is 6.04 Å². The van der Waals surface area contributed by atoms with Crippen LogP contribution >= 0.6 is 11.6 Å². The summed E-state index contributed by atoms with van der Waals surface area (Å²) in [6.07, 6.45) is 1.48. The third-order valence-corrected chi connectivity index (χ3v) is 3.61. The van der Waals surface area contributed by atoms with Gasteiger partial charge >= 0.3 is 0 Å². The van der Waals surface area contributed by atoms with Gasteiger partial charge in [-0.3, -0.25) is 4.79 Å².